The monoisotopic (exact) mass is 497 g/mol. The molecule has 1 amide bonds. The van der Waals surface area contributed by atoms with Crippen LogP contribution in [0.2, 0.25) is 0 Å². The van der Waals surface area contributed by atoms with Crippen LogP contribution < -0.4 is 20.3 Å². The maximum Gasteiger partial charge on any atom is 0.270 e. The van der Waals surface area contributed by atoms with Crippen LogP contribution in [0.25, 0.3) is 27.8 Å². The standard InChI is InChI=1S/C26H19N5O4S/c32-24-14-17(16-7-2-1-3-8-16)27-26(29-24)31-23(13-18(30-31)22-11-6-12-36-22)28-25(33)21-15-34-19-9-4-5-10-20(19)35-21/h1-14,21H,15H2,(H,28,33)(H,27,29,32). The molecule has 9 nitrogen and oxygen atoms in total. The van der Waals surface area contributed by atoms with E-state index in [-0.39, 0.29) is 18.1 Å². The van der Waals surface area contributed by atoms with E-state index in [2.05, 4.69) is 20.4 Å². The van der Waals surface area contributed by atoms with Gasteiger partial charge in [0.15, 0.2) is 11.5 Å². The fourth-order valence-corrected chi connectivity index (χ4v) is 4.52. The van der Waals surface area contributed by atoms with Gasteiger partial charge in [-0.3, -0.25) is 14.6 Å². The Morgan fingerprint density at radius 1 is 1.00 bits per heavy atom. The van der Waals surface area contributed by atoms with Crippen LogP contribution in [-0.4, -0.2) is 38.4 Å². The molecule has 178 valence electrons. The normalized spacial score (nSPS) is 14.4. The van der Waals surface area contributed by atoms with Crippen molar-refractivity contribution in [3.8, 4) is 39.3 Å². The Balaban J connectivity index is 1.37. The van der Waals surface area contributed by atoms with E-state index in [9.17, 15) is 9.59 Å². The fourth-order valence-electron chi connectivity index (χ4n) is 3.83. The van der Waals surface area contributed by atoms with Crippen molar-refractivity contribution in [2.45, 2.75) is 6.10 Å². The molecular weight excluding hydrogens is 478 g/mol. The van der Waals surface area contributed by atoms with E-state index in [1.165, 1.54) is 22.1 Å². The molecule has 2 N–H and O–H groups in total. The predicted molar refractivity (Wildman–Crippen MR) is 136 cm³/mol. The van der Waals surface area contributed by atoms with Gasteiger partial charge in [-0.2, -0.15) is 9.78 Å². The van der Waals surface area contributed by atoms with Gasteiger partial charge in [-0.05, 0) is 23.6 Å². The Labute approximate surface area is 209 Å². The minimum atomic E-state index is -0.865. The number of aromatic amines is 1. The lowest BCUT2D eigenvalue weighted by Crippen LogP contribution is -2.40. The van der Waals surface area contributed by atoms with E-state index in [1.54, 1.807) is 18.2 Å². The number of H-pyrrole nitrogens is 1. The van der Waals surface area contributed by atoms with Gasteiger partial charge in [0.2, 0.25) is 12.1 Å². The number of amides is 1. The van der Waals surface area contributed by atoms with Gasteiger partial charge in [-0.15, -0.1) is 11.3 Å². The van der Waals surface area contributed by atoms with Crippen LogP contribution in [0.3, 0.4) is 0 Å². The molecule has 3 aromatic heterocycles. The predicted octanol–water partition coefficient (Wildman–Crippen LogP) is 4.13. The van der Waals surface area contributed by atoms with E-state index in [0.717, 1.165) is 10.4 Å². The maximum atomic E-state index is 13.2. The number of nitrogens with one attached hydrogen (secondary N) is 2. The van der Waals surface area contributed by atoms with Crippen LogP contribution in [-0.2, 0) is 4.79 Å². The molecule has 5 aromatic rings. The summed E-state index contributed by atoms with van der Waals surface area (Å²) in [6.07, 6.45) is -0.865. The molecule has 1 atom stereocenters. The minimum absolute atomic E-state index is 0.0628. The number of para-hydroxylation sites is 2. The summed E-state index contributed by atoms with van der Waals surface area (Å²) in [7, 11) is 0. The largest absolute Gasteiger partial charge is 0.485 e. The highest BCUT2D eigenvalue weighted by atomic mass is 32.1. The van der Waals surface area contributed by atoms with Gasteiger partial charge in [-0.1, -0.05) is 48.5 Å². The Kier molecular flexibility index (Phi) is 5.55. The number of thiophene rings is 1. The van der Waals surface area contributed by atoms with E-state index >= 15 is 0 Å². The summed E-state index contributed by atoms with van der Waals surface area (Å²) in [5.74, 6) is 1.18. The molecule has 0 aliphatic carbocycles. The first-order valence-electron chi connectivity index (χ1n) is 11.1. The summed E-state index contributed by atoms with van der Waals surface area (Å²) < 4.78 is 13.0. The van der Waals surface area contributed by atoms with Crippen LogP contribution >= 0.6 is 11.3 Å². The lowest BCUT2D eigenvalue weighted by molar-refractivity contribution is -0.125. The van der Waals surface area contributed by atoms with Crippen molar-refractivity contribution in [2.24, 2.45) is 0 Å². The van der Waals surface area contributed by atoms with Gasteiger partial charge in [0.05, 0.1) is 10.6 Å². The molecule has 1 unspecified atom stereocenters. The molecule has 10 heteroatoms. The van der Waals surface area contributed by atoms with Crippen molar-refractivity contribution >= 4 is 23.1 Å². The van der Waals surface area contributed by atoms with E-state index < -0.39 is 12.0 Å². The molecule has 0 radical (unpaired) electrons. The van der Waals surface area contributed by atoms with Gasteiger partial charge < -0.3 is 14.8 Å². The second-order valence-corrected chi connectivity index (χ2v) is 8.93. The Morgan fingerprint density at radius 3 is 2.61 bits per heavy atom. The zero-order valence-electron chi connectivity index (χ0n) is 18.8. The average molecular weight is 498 g/mol. The number of carbonyl (C=O) groups is 1. The molecule has 36 heavy (non-hydrogen) atoms. The molecule has 1 aliphatic rings. The SMILES string of the molecule is O=C(Nc1cc(-c2cccs2)nn1-c1nc(-c2ccccc2)cc(=O)[nH]1)C1COc2ccccc2O1. The number of rotatable bonds is 5. The third-order valence-corrected chi connectivity index (χ3v) is 6.43. The molecule has 4 heterocycles. The van der Waals surface area contributed by atoms with Gasteiger partial charge in [-0.25, -0.2) is 4.98 Å². The van der Waals surface area contributed by atoms with Gasteiger partial charge >= 0.3 is 0 Å². The lowest BCUT2D eigenvalue weighted by Gasteiger charge is -2.25. The zero-order chi connectivity index (χ0) is 24.5. The number of carbonyl (C=O) groups excluding carboxylic acids is 1. The van der Waals surface area contributed by atoms with Crippen molar-refractivity contribution in [1.29, 1.82) is 0 Å². The summed E-state index contributed by atoms with van der Waals surface area (Å²) in [5.41, 5.74) is 1.55. The molecule has 2 aromatic carbocycles. The second-order valence-electron chi connectivity index (χ2n) is 7.98. The number of ether oxygens (including phenoxy) is 2. The molecule has 0 saturated heterocycles. The highest BCUT2D eigenvalue weighted by molar-refractivity contribution is 7.13. The van der Waals surface area contributed by atoms with Crippen LogP contribution in [0.5, 0.6) is 11.5 Å². The molecule has 0 saturated carbocycles. The van der Waals surface area contributed by atoms with E-state index in [1.807, 2.05) is 60.0 Å². The number of aromatic nitrogens is 4. The third-order valence-electron chi connectivity index (χ3n) is 5.53. The smallest absolute Gasteiger partial charge is 0.270 e. The Morgan fingerprint density at radius 2 is 1.81 bits per heavy atom. The summed E-state index contributed by atoms with van der Waals surface area (Å²) in [4.78, 5) is 33.9. The van der Waals surface area contributed by atoms with Crippen LogP contribution in [0.1, 0.15) is 0 Å². The van der Waals surface area contributed by atoms with Crippen molar-refractivity contribution in [2.75, 3.05) is 11.9 Å². The number of hydrogen-bond acceptors (Lipinski definition) is 7. The first kappa shape index (κ1) is 21.8. The number of hydrogen-bond donors (Lipinski definition) is 2. The molecular formula is C26H19N5O4S. The topological polar surface area (TPSA) is 111 Å². The first-order chi connectivity index (χ1) is 17.6. The van der Waals surface area contributed by atoms with Gasteiger partial charge in [0.1, 0.15) is 18.1 Å². The van der Waals surface area contributed by atoms with E-state index in [4.69, 9.17) is 9.47 Å². The van der Waals surface area contributed by atoms with E-state index in [0.29, 0.717) is 28.7 Å². The summed E-state index contributed by atoms with van der Waals surface area (Å²) >= 11 is 1.51. The molecule has 0 spiro atoms. The lowest BCUT2D eigenvalue weighted by atomic mass is 10.1. The summed E-state index contributed by atoms with van der Waals surface area (Å²) in [5, 5.41) is 9.45. The number of anilines is 1. The quantitative estimate of drug-likeness (QED) is 0.378. The zero-order valence-corrected chi connectivity index (χ0v) is 19.6. The fraction of sp³-hybridized carbons (Fsp3) is 0.0769. The average Bonchev–Trinajstić information content (AvgIpc) is 3.59. The molecule has 6 rings (SSSR count). The number of fused-ring (bicyclic) bond motifs is 1. The maximum absolute atomic E-state index is 13.2. The second kappa shape index (κ2) is 9.16. The molecule has 0 bridgehead atoms. The number of nitrogens with zero attached hydrogens (tertiary/aromatic N) is 3. The van der Waals surface area contributed by atoms with Crippen LogP contribution in [0.4, 0.5) is 5.82 Å². The van der Waals surface area contributed by atoms with Crippen molar-refractivity contribution in [3.05, 3.63) is 94.6 Å². The highest BCUT2D eigenvalue weighted by Crippen LogP contribution is 2.32. The number of benzene rings is 2. The Hall–Kier alpha value is -4.70. The van der Waals surface area contributed by atoms with Crippen molar-refractivity contribution in [3.63, 3.8) is 0 Å². The van der Waals surface area contributed by atoms with Gasteiger partial charge in [0.25, 0.3) is 11.5 Å². The van der Waals surface area contributed by atoms with Crippen molar-refractivity contribution < 1.29 is 14.3 Å². The summed E-state index contributed by atoms with van der Waals surface area (Å²) in [6, 6.07) is 23.5. The molecule has 1 aliphatic heterocycles. The van der Waals surface area contributed by atoms with Crippen LogP contribution in [0.15, 0.2) is 89.0 Å². The Bertz CT molecular complexity index is 1590. The van der Waals surface area contributed by atoms with Crippen molar-refractivity contribution in [1.82, 2.24) is 19.7 Å². The van der Waals surface area contributed by atoms with Crippen LogP contribution in [0, 0.1) is 0 Å². The molecule has 0 fully saturated rings. The minimum Gasteiger partial charge on any atom is -0.485 e. The van der Waals surface area contributed by atoms with Gasteiger partial charge in [0, 0.05) is 17.7 Å². The summed E-state index contributed by atoms with van der Waals surface area (Å²) in [6.45, 7) is 0.0628. The third kappa shape index (κ3) is 4.25. The highest BCUT2D eigenvalue weighted by Gasteiger charge is 2.29. The first-order valence-corrected chi connectivity index (χ1v) is 12.0.